The molecule has 3 rings (SSSR count). The van der Waals surface area contributed by atoms with E-state index in [1.807, 2.05) is 24.3 Å². The Kier molecular flexibility index (Phi) is 6.91. The van der Waals surface area contributed by atoms with Crippen LogP contribution in [0.2, 0.25) is 5.02 Å². The lowest BCUT2D eigenvalue weighted by molar-refractivity contribution is -0.152. The first kappa shape index (κ1) is 21.6. The second kappa shape index (κ2) is 9.60. The van der Waals surface area contributed by atoms with Gasteiger partial charge in [0.25, 0.3) is 11.8 Å². The van der Waals surface area contributed by atoms with E-state index in [1.165, 1.54) is 25.4 Å². The van der Waals surface area contributed by atoms with Crippen molar-refractivity contribution in [1.82, 2.24) is 5.32 Å². The number of fused-ring (bicyclic) bond motifs is 1. The summed E-state index contributed by atoms with van der Waals surface area (Å²) in [5, 5.41) is 6.23. The first-order valence-electron chi connectivity index (χ1n) is 8.98. The van der Waals surface area contributed by atoms with Crippen molar-refractivity contribution in [2.45, 2.75) is 13.0 Å². The maximum absolute atomic E-state index is 12.4. The number of esters is 1. The van der Waals surface area contributed by atoms with Crippen LogP contribution in [0, 0.1) is 0 Å². The number of carbonyl (C=O) groups is 3. The summed E-state index contributed by atoms with van der Waals surface area (Å²) in [6.07, 6.45) is -1.05. The number of hydrogen-bond acceptors (Lipinski definition) is 6. The number of ether oxygens (including phenoxy) is 2. The van der Waals surface area contributed by atoms with Gasteiger partial charge in [0.1, 0.15) is 17.2 Å². The summed E-state index contributed by atoms with van der Waals surface area (Å²) in [5.41, 5.74) is 0.509. The lowest BCUT2D eigenvalue weighted by atomic mass is 10.2. The number of rotatable bonds is 7. The number of halogens is 1. The highest BCUT2D eigenvalue weighted by Crippen LogP contribution is 2.34. The number of anilines is 1. The van der Waals surface area contributed by atoms with Crippen molar-refractivity contribution in [2.24, 2.45) is 0 Å². The van der Waals surface area contributed by atoms with Crippen LogP contribution in [0.4, 0.5) is 5.69 Å². The zero-order valence-corrected chi connectivity index (χ0v) is 17.8. The van der Waals surface area contributed by atoms with Crippen LogP contribution in [0.5, 0.6) is 5.75 Å². The fourth-order valence-corrected chi connectivity index (χ4v) is 4.06. The van der Waals surface area contributed by atoms with Crippen LogP contribution in [-0.2, 0) is 14.3 Å². The largest absolute Gasteiger partial charge is 0.497 e. The van der Waals surface area contributed by atoms with Crippen molar-refractivity contribution in [3.63, 3.8) is 0 Å². The van der Waals surface area contributed by atoms with E-state index in [2.05, 4.69) is 10.6 Å². The molecule has 1 unspecified atom stereocenters. The van der Waals surface area contributed by atoms with Crippen molar-refractivity contribution >= 4 is 56.5 Å². The third-order valence-electron chi connectivity index (χ3n) is 4.15. The maximum atomic E-state index is 12.4. The number of carbonyl (C=O) groups excluding carboxylic acids is 3. The van der Waals surface area contributed by atoms with E-state index >= 15 is 0 Å². The fourth-order valence-electron chi connectivity index (χ4n) is 2.63. The van der Waals surface area contributed by atoms with Crippen LogP contribution in [0.15, 0.2) is 48.5 Å². The van der Waals surface area contributed by atoms with E-state index in [0.717, 1.165) is 10.1 Å². The molecule has 0 saturated carbocycles. The molecule has 1 heterocycles. The number of benzene rings is 2. The average molecular weight is 447 g/mol. The summed E-state index contributed by atoms with van der Waals surface area (Å²) in [5.74, 6) is -1.14. The molecule has 2 aromatic carbocycles. The Hall–Kier alpha value is -3.10. The van der Waals surface area contributed by atoms with E-state index in [0.29, 0.717) is 21.3 Å². The van der Waals surface area contributed by atoms with Gasteiger partial charge in [-0.3, -0.25) is 14.4 Å². The van der Waals surface area contributed by atoms with Gasteiger partial charge in [-0.2, -0.15) is 0 Å². The number of amides is 2. The molecule has 0 spiro atoms. The Morgan fingerprint density at radius 1 is 1.13 bits per heavy atom. The van der Waals surface area contributed by atoms with Gasteiger partial charge in [0.05, 0.1) is 12.1 Å². The lowest BCUT2D eigenvalue weighted by Gasteiger charge is -2.14. The van der Waals surface area contributed by atoms with E-state index < -0.39 is 23.9 Å². The van der Waals surface area contributed by atoms with Gasteiger partial charge < -0.3 is 20.1 Å². The number of hydrogen-bond donors (Lipinski definition) is 2. The normalized spacial score (nSPS) is 11.6. The molecule has 156 valence electrons. The molecule has 0 aliphatic carbocycles. The highest BCUT2D eigenvalue weighted by atomic mass is 35.5. The number of nitrogens with one attached hydrogen (secondary N) is 2. The van der Waals surface area contributed by atoms with E-state index in [-0.39, 0.29) is 6.54 Å². The van der Waals surface area contributed by atoms with Crippen molar-refractivity contribution in [3.05, 3.63) is 58.4 Å². The number of methoxy groups -OCH3 is 1. The molecule has 0 aliphatic heterocycles. The quantitative estimate of drug-likeness (QED) is 0.537. The minimum atomic E-state index is -1.05. The highest BCUT2D eigenvalue weighted by molar-refractivity contribution is 7.21. The van der Waals surface area contributed by atoms with Crippen molar-refractivity contribution in [3.8, 4) is 5.75 Å². The third-order valence-corrected chi connectivity index (χ3v) is 5.82. The molecule has 1 atom stereocenters. The predicted octanol–water partition coefficient (Wildman–Crippen LogP) is 3.86. The molecular formula is C21H19ClN2O5S. The first-order chi connectivity index (χ1) is 14.4. The Morgan fingerprint density at radius 2 is 1.90 bits per heavy atom. The zero-order chi connectivity index (χ0) is 21.7. The van der Waals surface area contributed by atoms with Gasteiger partial charge in [-0.05, 0) is 25.1 Å². The fraction of sp³-hybridized carbons (Fsp3) is 0.190. The molecule has 0 fully saturated rings. The number of thiophene rings is 1. The summed E-state index contributed by atoms with van der Waals surface area (Å²) in [4.78, 5) is 36.9. The van der Waals surface area contributed by atoms with Crippen LogP contribution in [0.25, 0.3) is 10.1 Å². The second-order valence-electron chi connectivity index (χ2n) is 6.28. The lowest BCUT2D eigenvalue weighted by Crippen LogP contribution is -2.35. The molecule has 0 saturated heterocycles. The Morgan fingerprint density at radius 3 is 2.63 bits per heavy atom. The predicted molar refractivity (Wildman–Crippen MR) is 116 cm³/mol. The molecule has 2 N–H and O–H groups in total. The average Bonchev–Trinajstić information content (AvgIpc) is 3.09. The molecule has 3 aromatic rings. The van der Waals surface area contributed by atoms with Crippen LogP contribution < -0.4 is 15.4 Å². The minimum Gasteiger partial charge on any atom is -0.497 e. The van der Waals surface area contributed by atoms with Crippen molar-refractivity contribution in [2.75, 3.05) is 19.0 Å². The van der Waals surface area contributed by atoms with Gasteiger partial charge >= 0.3 is 5.97 Å². The molecule has 0 bridgehead atoms. The summed E-state index contributed by atoms with van der Waals surface area (Å²) in [7, 11) is 1.52. The Labute approximate surface area is 181 Å². The minimum absolute atomic E-state index is 0.314. The molecular weight excluding hydrogens is 428 g/mol. The van der Waals surface area contributed by atoms with Gasteiger partial charge in [0, 0.05) is 21.8 Å². The van der Waals surface area contributed by atoms with Crippen LogP contribution >= 0.6 is 22.9 Å². The Bertz CT molecular complexity index is 1100. The van der Waals surface area contributed by atoms with Crippen molar-refractivity contribution < 1.29 is 23.9 Å². The molecule has 2 amide bonds. The van der Waals surface area contributed by atoms with Gasteiger partial charge in [-0.1, -0.05) is 35.9 Å². The zero-order valence-electron chi connectivity index (χ0n) is 16.2. The summed E-state index contributed by atoms with van der Waals surface area (Å²) < 4.78 is 11.1. The van der Waals surface area contributed by atoms with Crippen LogP contribution in [0.3, 0.4) is 0 Å². The monoisotopic (exact) mass is 446 g/mol. The highest BCUT2D eigenvalue weighted by Gasteiger charge is 2.21. The second-order valence-corrected chi connectivity index (χ2v) is 7.71. The van der Waals surface area contributed by atoms with Crippen molar-refractivity contribution in [1.29, 1.82) is 0 Å². The SMILES string of the molecule is COc1cccc(NC(=O)C(C)OC(=O)CNC(=O)c2sc3ccccc3c2Cl)c1. The summed E-state index contributed by atoms with van der Waals surface area (Å²) in [6, 6.07) is 14.2. The molecule has 30 heavy (non-hydrogen) atoms. The standard InChI is InChI=1S/C21H19ClN2O5S/c1-12(20(26)24-13-6-5-7-14(10-13)28-2)29-17(25)11-23-21(27)19-18(22)15-8-3-4-9-16(15)30-19/h3-10,12H,11H2,1-2H3,(H,23,27)(H,24,26). The van der Waals surface area contributed by atoms with Gasteiger partial charge in [-0.15, -0.1) is 11.3 Å². The van der Waals surface area contributed by atoms with E-state index in [9.17, 15) is 14.4 Å². The summed E-state index contributed by atoms with van der Waals surface area (Å²) >= 11 is 7.50. The van der Waals surface area contributed by atoms with Crippen LogP contribution in [-0.4, -0.2) is 37.5 Å². The van der Waals surface area contributed by atoms with Gasteiger partial charge in [0.2, 0.25) is 0 Å². The third kappa shape index (κ3) is 5.08. The van der Waals surface area contributed by atoms with E-state index in [4.69, 9.17) is 21.1 Å². The molecule has 0 aliphatic rings. The van der Waals surface area contributed by atoms with Gasteiger partial charge in [0.15, 0.2) is 6.10 Å². The Balaban J connectivity index is 1.52. The summed E-state index contributed by atoms with van der Waals surface area (Å²) in [6.45, 7) is 1.05. The molecule has 1 aromatic heterocycles. The first-order valence-corrected chi connectivity index (χ1v) is 10.2. The van der Waals surface area contributed by atoms with E-state index in [1.54, 1.807) is 24.3 Å². The maximum Gasteiger partial charge on any atom is 0.326 e. The molecule has 9 heteroatoms. The van der Waals surface area contributed by atoms with Gasteiger partial charge in [-0.25, -0.2) is 0 Å². The topological polar surface area (TPSA) is 93.7 Å². The molecule has 7 nitrogen and oxygen atoms in total. The van der Waals surface area contributed by atoms with Crippen LogP contribution in [0.1, 0.15) is 16.6 Å². The smallest absolute Gasteiger partial charge is 0.326 e. The molecule has 0 radical (unpaired) electrons.